The first-order valence-corrected chi connectivity index (χ1v) is 8.38. The van der Waals surface area contributed by atoms with Crippen molar-refractivity contribution in [1.82, 2.24) is 15.1 Å². The highest BCUT2D eigenvalue weighted by atomic mass is 16.6. The number of nitrogens with zero attached hydrogens (tertiary/aromatic N) is 2. The van der Waals surface area contributed by atoms with Crippen LogP contribution in [-0.2, 0) is 4.74 Å². The van der Waals surface area contributed by atoms with Crippen LogP contribution >= 0.6 is 0 Å². The molecule has 3 amide bonds. The fourth-order valence-electron chi connectivity index (χ4n) is 3.49. The Kier molecular flexibility index (Phi) is 3.95. The van der Waals surface area contributed by atoms with Gasteiger partial charge in [0.1, 0.15) is 5.60 Å². The average molecular weight is 309 g/mol. The highest BCUT2D eigenvalue weighted by molar-refractivity contribution is 5.76. The van der Waals surface area contributed by atoms with Gasteiger partial charge < -0.3 is 19.9 Å². The summed E-state index contributed by atoms with van der Waals surface area (Å²) in [6, 6.07) is 0.555. The van der Waals surface area contributed by atoms with Gasteiger partial charge in [0.25, 0.3) is 0 Å². The summed E-state index contributed by atoms with van der Waals surface area (Å²) in [6.45, 7) is 7.65. The van der Waals surface area contributed by atoms with E-state index in [0.29, 0.717) is 19.1 Å². The van der Waals surface area contributed by atoms with Crippen molar-refractivity contribution in [2.24, 2.45) is 5.92 Å². The summed E-state index contributed by atoms with van der Waals surface area (Å²) in [6.07, 6.45) is 4.06. The lowest BCUT2D eigenvalue weighted by atomic mass is 10.1. The van der Waals surface area contributed by atoms with E-state index >= 15 is 0 Å². The van der Waals surface area contributed by atoms with E-state index in [1.807, 2.05) is 25.7 Å². The molecule has 1 N–H and O–H groups in total. The zero-order valence-corrected chi connectivity index (χ0v) is 13.8. The Morgan fingerprint density at radius 1 is 1.18 bits per heavy atom. The van der Waals surface area contributed by atoms with Gasteiger partial charge in [0, 0.05) is 31.7 Å². The van der Waals surface area contributed by atoms with Crippen LogP contribution < -0.4 is 5.32 Å². The van der Waals surface area contributed by atoms with Gasteiger partial charge in [-0.1, -0.05) is 0 Å². The fourth-order valence-corrected chi connectivity index (χ4v) is 3.49. The van der Waals surface area contributed by atoms with E-state index < -0.39 is 5.60 Å². The summed E-state index contributed by atoms with van der Waals surface area (Å²) in [5.41, 5.74) is -0.479. The Hall–Kier alpha value is -1.46. The van der Waals surface area contributed by atoms with Crippen molar-refractivity contribution >= 4 is 12.1 Å². The normalized spacial score (nSPS) is 30.8. The topological polar surface area (TPSA) is 61.9 Å². The van der Waals surface area contributed by atoms with Crippen LogP contribution in [0, 0.1) is 5.92 Å². The molecule has 0 bridgehead atoms. The molecular weight excluding hydrogens is 282 g/mol. The second-order valence-electron chi connectivity index (χ2n) is 7.76. The minimum absolute atomic E-state index is 0.0409. The number of likely N-dealkylation sites (tertiary alicyclic amines) is 2. The van der Waals surface area contributed by atoms with E-state index in [1.165, 1.54) is 12.8 Å². The van der Waals surface area contributed by atoms with Gasteiger partial charge in [-0.3, -0.25) is 0 Å². The molecule has 6 heteroatoms. The maximum atomic E-state index is 12.4. The first kappa shape index (κ1) is 15.4. The monoisotopic (exact) mass is 309 g/mol. The first-order valence-electron chi connectivity index (χ1n) is 8.38. The number of rotatable bonds is 1. The number of amides is 3. The maximum Gasteiger partial charge on any atom is 0.410 e. The number of hydrogen-bond donors (Lipinski definition) is 1. The molecule has 0 spiro atoms. The standard InChI is InChI=1S/C16H27N3O3/c1-16(2,3)22-15(21)18-8-6-12(10-18)17-14(20)19-7-4-5-11-9-13(11)19/h11-13H,4-10H2,1-3H3,(H,17,20). The summed E-state index contributed by atoms with van der Waals surface area (Å²) in [5, 5.41) is 3.09. The molecule has 2 aliphatic heterocycles. The number of fused-ring (bicyclic) bond motifs is 1. The van der Waals surface area contributed by atoms with E-state index in [9.17, 15) is 9.59 Å². The summed E-state index contributed by atoms with van der Waals surface area (Å²) >= 11 is 0. The fraction of sp³-hybridized carbons (Fsp3) is 0.875. The van der Waals surface area contributed by atoms with Crippen molar-refractivity contribution in [2.75, 3.05) is 19.6 Å². The van der Waals surface area contributed by atoms with Gasteiger partial charge in [-0.05, 0) is 52.4 Å². The second-order valence-corrected chi connectivity index (χ2v) is 7.76. The molecule has 0 aromatic carbocycles. The molecule has 3 atom stereocenters. The Morgan fingerprint density at radius 3 is 2.68 bits per heavy atom. The van der Waals surface area contributed by atoms with Crippen LogP contribution in [0.1, 0.15) is 46.5 Å². The third kappa shape index (κ3) is 3.47. The Labute approximate surface area is 132 Å². The molecule has 2 heterocycles. The summed E-state index contributed by atoms with van der Waals surface area (Å²) < 4.78 is 5.38. The van der Waals surface area contributed by atoms with Crippen LogP contribution in [-0.4, -0.2) is 59.2 Å². The molecule has 1 aliphatic carbocycles. The van der Waals surface area contributed by atoms with Crippen molar-refractivity contribution in [3.8, 4) is 0 Å². The molecule has 22 heavy (non-hydrogen) atoms. The lowest BCUT2D eigenvalue weighted by molar-refractivity contribution is 0.0290. The molecule has 3 fully saturated rings. The van der Waals surface area contributed by atoms with Crippen molar-refractivity contribution in [3.63, 3.8) is 0 Å². The molecular formula is C16H27N3O3. The number of carbonyl (C=O) groups excluding carboxylic acids is 2. The molecule has 124 valence electrons. The first-order chi connectivity index (χ1) is 10.3. The molecule has 3 unspecified atom stereocenters. The zero-order valence-electron chi connectivity index (χ0n) is 13.8. The Balaban J connectivity index is 1.46. The quantitative estimate of drug-likeness (QED) is 0.807. The molecule has 1 saturated carbocycles. The predicted octanol–water partition coefficient (Wildman–Crippen LogP) is 2.19. The molecule has 3 aliphatic rings. The maximum absolute atomic E-state index is 12.4. The van der Waals surface area contributed by atoms with E-state index in [-0.39, 0.29) is 18.2 Å². The molecule has 2 saturated heterocycles. The van der Waals surface area contributed by atoms with Gasteiger partial charge in [-0.2, -0.15) is 0 Å². The largest absolute Gasteiger partial charge is 0.444 e. The molecule has 0 radical (unpaired) electrons. The van der Waals surface area contributed by atoms with Crippen molar-refractivity contribution in [1.29, 1.82) is 0 Å². The van der Waals surface area contributed by atoms with E-state index in [1.54, 1.807) is 4.90 Å². The van der Waals surface area contributed by atoms with Crippen LogP contribution in [0.5, 0.6) is 0 Å². The van der Waals surface area contributed by atoms with E-state index in [4.69, 9.17) is 4.74 Å². The van der Waals surface area contributed by atoms with Gasteiger partial charge in [0.15, 0.2) is 0 Å². The SMILES string of the molecule is CC(C)(C)OC(=O)N1CCC(NC(=O)N2CCCC3CC32)C1. The second kappa shape index (κ2) is 5.63. The summed E-state index contributed by atoms with van der Waals surface area (Å²) in [7, 11) is 0. The van der Waals surface area contributed by atoms with E-state index in [2.05, 4.69) is 5.32 Å². The van der Waals surface area contributed by atoms with Crippen molar-refractivity contribution < 1.29 is 14.3 Å². The summed E-state index contributed by atoms with van der Waals surface area (Å²) in [5.74, 6) is 0.737. The minimum Gasteiger partial charge on any atom is -0.444 e. The highest BCUT2D eigenvalue weighted by Crippen LogP contribution is 2.42. The number of ether oxygens (including phenoxy) is 1. The third-order valence-corrected chi connectivity index (χ3v) is 4.69. The predicted molar refractivity (Wildman–Crippen MR) is 82.6 cm³/mol. The zero-order chi connectivity index (χ0) is 15.9. The highest BCUT2D eigenvalue weighted by Gasteiger charge is 2.46. The van der Waals surface area contributed by atoms with Gasteiger partial charge in [-0.25, -0.2) is 9.59 Å². The Bertz CT molecular complexity index is 460. The third-order valence-electron chi connectivity index (χ3n) is 4.69. The molecule has 6 nitrogen and oxygen atoms in total. The number of nitrogens with one attached hydrogen (secondary N) is 1. The van der Waals surface area contributed by atoms with Crippen molar-refractivity contribution in [3.05, 3.63) is 0 Å². The van der Waals surface area contributed by atoms with Crippen LogP contribution in [0.15, 0.2) is 0 Å². The minimum atomic E-state index is -0.479. The van der Waals surface area contributed by atoms with Crippen LogP contribution in [0.25, 0.3) is 0 Å². The number of piperidine rings is 1. The number of hydrogen-bond acceptors (Lipinski definition) is 3. The van der Waals surface area contributed by atoms with E-state index in [0.717, 1.165) is 25.3 Å². The number of carbonyl (C=O) groups is 2. The van der Waals surface area contributed by atoms with Crippen molar-refractivity contribution in [2.45, 2.75) is 64.1 Å². The van der Waals surface area contributed by atoms with Gasteiger partial charge >= 0.3 is 12.1 Å². The van der Waals surface area contributed by atoms with Crippen LogP contribution in [0.3, 0.4) is 0 Å². The smallest absolute Gasteiger partial charge is 0.410 e. The van der Waals surface area contributed by atoms with Gasteiger partial charge in [0.05, 0.1) is 0 Å². The molecule has 0 aromatic heterocycles. The van der Waals surface area contributed by atoms with Crippen LogP contribution in [0.4, 0.5) is 9.59 Å². The lowest BCUT2D eigenvalue weighted by Crippen LogP contribution is -2.48. The lowest BCUT2D eigenvalue weighted by Gasteiger charge is -2.28. The summed E-state index contributed by atoms with van der Waals surface area (Å²) in [4.78, 5) is 28.1. The number of urea groups is 1. The van der Waals surface area contributed by atoms with Gasteiger partial charge in [0.2, 0.25) is 0 Å². The van der Waals surface area contributed by atoms with Crippen LogP contribution in [0.2, 0.25) is 0 Å². The molecule has 3 rings (SSSR count). The molecule has 0 aromatic rings. The van der Waals surface area contributed by atoms with Gasteiger partial charge in [-0.15, -0.1) is 0 Å². The Morgan fingerprint density at radius 2 is 1.95 bits per heavy atom. The average Bonchev–Trinajstić information content (AvgIpc) is 3.07.